The molecule has 0 spiro atoms. The number of rotatable bonds is 0. The number of nitrogens with zero attached hydrogens (tertiary/aromatic N) is 1. The summed E-state index contributed by atoms with van der Waals surface area (Å²) in [5, 5.41) is 2.55. The zero-order valence-corrected chi connectivity index (χ0v) is 19.0. The molecule has 156 valence electrons. The Morgan fingerprint density at radius 1 is 0.567 bits per heavy atom. The fraction of sp³-hybridized carbons (Fsp3) is 0.259. The Kier molecular flexibility index (Phi) is 7.71. The van der Waals surface area contributed by atoms with Crippen LogP contribution in [-0.4, -0.2) is 4.40 Å². The van der Waals surface area contributed by atoms with Crippen LogP contribution < -0.4 is 10.9 Å². The first-order valence-electron chi connectivity index (χ1n) is 10.9. The molecule has 3 aromatic carbocycles. The van der Waals surface area contributed by atoms with Crippen molar-refractivity contribution in [1.82, 2.24) is 4.40 Å². The molecule has 0 fully saturated rings. The predicted octanol–water partition coefficient (Wildman–Crippen LogP) is 6.94. The highest BCUT2D eigenvalue weighted by Gasteiger charge is 2.16. The molecule has 0 bridgehead atoms. The maximum atomic E-state index is 13.0. The third-order valence-electron chi connectivity index (χ3n) is 4.75. The number of hydrogen-bond acceptors (Lipinski definition) is 2. The second kappa shape index (κ2) is 10.0. The number of fused-ring (bicyclic) bond motifs is 4. The molecule has 0 saturated carbocycles. The van der Waals surface area contributed by atoms with Gasteiger partial charge in [-0.15, -0.1) is 0 Å². The van der Waals surface area contributed by atoms with Gasteiger partial charge < -0.3 is 4.40 Å². The standard InChI is InChI=1S/C21H13NO2.3C2H6/c1-12-10-15-19-16(11-12)21(24)14-7-3-5-9-18(14)22(19)17-8-4-2-6-13(17)20(15)23;3*1-2/h2-11H,1H3;3*1-2H3. The highest BCUT2D eigenvalue weighted by molar-refractivity contribution is 6.07. The molecular weight excluding hydrogens is 370 g/mol. The third-order valence-corrected chi connectivity index (χ3v) is 4.75. The number of para-hydroxylation sites is 2. The molecule has 5 aromatic rings. The van der Waals surface area contributed by atoms with Crippen molar-refractivity contribution in [1.29, 1.82) is 0 Å². The van der Waals surface area contributed by atoms with Gasteiger partial charge in [0, 0.05) is 21.5 Å². The van der Waals surface area contributed by atoms with Crippen molar-refractivity contribution in [3.05, 3.63) is 86.7 Å². The van der Waals surface area contributed by atoms with Crippen LogP contribution in [0.25, 0.3) is 38.1 Å². The zero-order chi connectivity index (χ0) is 22.4. The largest absolute Gasteiger partial charge is 0.308 e. The summed E-state index contributed by atoms with van der Waals surface area (Å²) >= 11 is 0. The first kappa shape index (κ1) is 23.1. The maximum absolute atomic E-state index is 13.0. The van der Waals surface area contributed by atoms with Crippen molar-refractivity contribution in [3.8, 4) is 0 Å². The van der Waals surface area contributed by atoms with Crippen molar-refractivity contribution in [3.63, 3.8) is 0 Å². The molecule has 0 aliphatic heterocycles. The summed E-state index contributed by atoms with van der Waals surface area (Å²) < 4.78 is 2.05. The van der Waals surface area contributed by atoms with Gasteiger partial charge >= 0.3 is 0 Å². The van der Waals surface area contributed by atoms with Crippen LogP contribution in [0.1, 0.15) is 47.1 Å². The summed E-state index contributed by atoms with van der Waals surface area (Å²) in [7, 11) is 0. The molecule has 5 rings (SSSR count). The van der Waals surface area contributed by atoms with Gasteiger partial charge in [0.15, 0.2) is 10.9 Å². The summed E-state index contributed by atoms with van der Waals surface area (Å²) in [5.41, 5.74) is 3.26. The molecule has 0 radical (unpaired) electrons. The van der Waals surface area contributed by atoms with Crippen LogP contribution in [0, 0.1) is 6.92 Å². The van der Waals surface area contributed by atoms with E-state index < -0.39 is 0 Å². The summed E-state index contributed by atoms with van der Waals surface area (Å²) in [6, 6.07) is 18.9. The van der Waals surface area contributed by atoms with E-state index in [0.717, 1.165) is 16.6 Å². The molecule has 0 atom stereocenters. The van der Waals surface area contributed by atoms with E-state index in [1.165, 1.54) is 0 Å². The molecule has 0 aliphatic carbocycles. The molecule has 30 heavy (non-hydrogen) atoms. The lowest BCUT2D eigenvalue weighted by atomic mass is 10.0. The second-order valence-electron chi connectivity index (χ2n) is 6.24. The van der Waals surface area contributed by atoms with Crippen LogP contribution in [0.15, 0.2) is 70.3 Å². The highest BCUT2D eigenvalue weighted by Crippen LogP contribution is 2.27. The normalized spacial score (nSPS) is 10.1. The van der Waals surface area contributed by atoms with E-state index in [2.05, 4.69) is 4.40 Å². The molecule has 3 nitrogen and oxygen atoms in total. The molecular formula is C27H31NO2. The third kappa shape index (κ3) is 3.56. The Morgan fingerprint density at radius 2 is 0.933 bits per heavy atom. The van der Waals surface area contributed by atoms with Gasteiger partial charge in [-0.05, 0) is 48.9 Å². The van der Waals surface area contributed by atoms with Gasteiger partial charge in [0.1, 0.15) is 0 Å². The minimum atomic E-state index is -0.0195. The first-order valence-corrected chi connectivity index (χ1v) is 10.9. The lowest BCUT2D eigenvalue weighted by Crippen LogP contribution is -2.14. The molecule has 2 aromatic heterocycles. The van der Waals surface area contributed by atoms with E-state index in [1.54, 1.807) is 0 Å². The second-order valence-corrected chi connectivity index (χ2v) is 6.24. The summed E-state index contributed by atoms with van der Waals surface area (Å²) in [4.78, 5) is 26.0. The number of benzene rings is 3. The molecule has 0 N–H and O–H groups in total. The smallest absolute Gasteiger partial charge is 0.197 e. The number of hydrogen-bond donors (Lipinski definition) is 0. The van der Waals surface area contributed by atoms with Crippen molar-refractivity contribution < 1.29 is 0 Å². The topological polar surface area (TPSA) is 38.5 Å². The van der Waals surface area contributed by atoms with Gasteiger partial charge in [-0.2, -0.15) is 0 Å². The summed E-state index contributed by atoms with van der Waals surface area (Å²) in [6.45, 7) is 13.9. The monoisotopic (exact) mass is 401 g/mol. The predicted molar refractivity (Wildman–Crippen MR) is 132 cm³/mol. The van der Waals surface area contributed by atoms with E-state index in [1.807, 2.05) is 109 Å². The van der Waals surface area contributed by atoms with E-state index in [0.29, 0.717) is 27.1 Å². The minimum absolute atomic E-state index is 0.0195. The van der Waals surface area contributed by atoms with Gasteiger partial charge in [-0.3, -0.25) is 9.59 Å². The molecule has 0 unspecified atom stereocenters. The summed E-state index contributed by atoms with van der Waals surface area (Å²) in [6.07, 6.45) is 0. The Bertz CT molecular complexity index is 1300. The SMILES string of the molecule is CC.CC.CC.Cc1cc2c(=O)c3ccccc3n3c4ccccc4c(=O)c(c1)c23. The summed E-state index contributed by atoms with van der Waals surface area (Å²) in [5.74, 6) is 0. The average Bonchev–Trinajstić information content (AvgIpc) is 2.82. The highest BCUT2D eigenvalue weighted by atomic mass is 16.1. The molecule has 0 aliphatic rings. The van der Waals surface area contributed by atoms with Gasteiger partial charge in [0.05, 0.1) is 16.6 Å². The lowest BCUT2D eigenvalue weighted by molar-refractivity contribution is 1.30. The first-order chi connectivity index (χ1) is 14.7. The van der Waals surface area contributed by atoms with E-state index in [4.69, 9.17) is 0 Å². The van der Waals surface area contributed by atoms with Gasteiger partial charge in [-0.1, -0.05) is 65.8 Å². The van der Waals surface area contributed by atoms with E-state index >= 15 is 0 Å². The van der Waals surface area contributed by atoms with Crippen LogP contribution in [-0.2, 0) is 0 Å². The Labute approximate surface area is 177 Å². The quantitative estimate of drug-likeness (QED) is 0.208. The molecule has 2 heterocycles. The fourth-order valence-corrected chi connectivity index (χ4v) is 3.75. The van der Waals surface area contributed by atoms with Crippen molar-refractivity contribution in [2.75, 3.05) is 0 Å². The molecule has 0 amide bonds. The van der Waals surface area contributed by atoms with Crippen LogP contribution >= 0.6 is 0 Å². The number of aromatic nitrogens is 1. The molecule has 3 heteroatoms. The van der Waals surface area contributed by atoms with Crippen LogP contribution in [0.4, 0.5) is 0 Å². The van der Waals surface area contributed by atoms with Gasteiger partial charge in [-0.25, -0.2) is 0 Å². The average molecular weight is 402 g/mol. The van der Waals surface area contributed by atoms with E-state index in [-0.39, 0.29) is 10.9 Å². The zero-order valence-electron chi connectivity index (χ0n) is 19.0. The van der Waals surface area contributed by atoms with Crippen LogP contribution in [0.3, 0.4) is 0 Å². The van der Waals surface area contributed by atoms with Crippen LogP contribution in [0.5, 0.6) is 0 Å². The van der Waals surface area contributed by atoms with Gasteiger partial charge in [0.25, 0.3) is 0 Å². The minimum Gasteiger partial charge on any atom is -0.308 e. The number of aryl methyl sites for hydroxylation is 1. The fourth-order valence-electron chi connectivity index (χ4n) is 3.75. The maximum Gasteiger partial charge on any atom is 0.197 e. The Morgan fingerprint density at radius 3 is 1.33 bits per heavy atom. The van der Waals surface area contributed by atoms with Crippen molar-refractivity contribution >= 4 is 38.1 Å². The Balaban J connectivity index is 0.000000493. The van der Waals surface area contributed by atoms with Crippen molar-refractivity contribution in [2.45, 2.75) is 48.5 Å². The number of pyridine rings is 2. The Hall–Kier alpha value is -3.20. The van der Waals surface area contributed by atoms with E-state index in [9.17, 15) is 9.59 Å². The van der Waals surface area contributed by atoms with Crippen molar-refractivity contribution in [2.24, 2.45) is 0 Å². The van der Waals surface area contributed by atoms with Gasteiger partial charge in [0.2, 0.25) is 0 Å². The lowest BCUT2D eigenvalue weighted by Gasteiger charge is -2.14. The molecule has 0 saturated heterocycles. The van der Waals surface area contributed by atoms with Crippen LogP contribution in [0.2, 0.25) is 0 Å².